The van der Waals surface area contributed by atoms with Crippen LogP contribution >= 0.6 is 11.6 Å². The molecule has 0 aliphatic carbocycles. The molecule has 0 aromatic heterocycles. The van der Waals surface area contributed by atoms with Gasteiger partial charge in [0.05, 0.1) is 5.02 Å². The van der Waals surface area contributed by atoms with Crippen LogP contribution in [0.4, 0.5) is 0 Å². The molecule has 0 spiro atoms. The molecule has 1 N–H and O–H groups in total. The average molecular weight is 312 g/mol. The second-order valence-corrected chi connectivity index (χ2v) is 5.89. The molecule has 1 aromatic rings. The molecule has 114 valence electrons. The summed E-state index contributed by atoms with van der Waals surface area (Å²) in [6.45, 7) is 1.54. The second-order valence-electron chi connectivity index (χ2n) is 5.49. The fraction of sp³-hybridized carbons (Fsp3) is 0.533. The maximum absolute atomic E-state index is 11.4. The third-order valence-corrected chi connectivity index (χ3v) is 4.30. The Morgan fingerprint density at radius 1 is 1.33 bits per heavy atom. The van der Waals surface area contributed by atoms with Gasteiger partial charge in [0.25, 0.3) is 0 Å². The fourth-order valence-electron chi connectivity index (χ4n) is 2.98. The van der Waals surface area contributed by atoms with Gasteiger partial charge in [-0.1, -0.05) is 24.4 Å². The molecular formula is C15H18ClNO4. The van der Waals surface area contributed by atoms with Crippen molar-refractivity contribution in [2.45, 2.75) is 38.3 Å². The van der Waals surface area contributed by atoms with E-state index in [0.29, 0.717) is 29.5 Å². The maximum Gasteiger partial charge on any atom is 0.320 e. The number of carboxylic acids is 1. The Morgan fingerprint density at radius 3 is 3.00 bits per heavy atom. The van der Waals surface area contributed by atoms with Gasteiger partial charge in [-0.25, -0.2) is 0 Å². The topological polar surface area (TPSA) is 59.0 Å². The van der Waals surface area contributed by atoms with Gasteiger partial charge < -0.3 is 14.6 Å². The van der Waals surface area contributed by atoms with Crippen LogP contribution in [0.5, 0.6) is 11.5 Å². The minimum Gasteiger partial charge on any atom is -0.480 e. The van der Waals surface area contributed by atoms with E-state index < -0.39 is 12.0 Å². The van der Waals surface area contributed by atoms with Crippen molar-refractivity contribution in [1.82, 2.24) is 4.90 Å². The number of nitrogens with zero attached hydrogens (tertiary/aromatic N) is 1. The van der Waals surface area contributed by atoms with Gasteiger partial charge in [-0.05, 0) is 37.1 Å². The molecule has 1 fully saturated rings. The Kier molecular flexibility index (Phi) is 4.22. The predicted molar refractivity (Wildman–Crippen MR) is 77.9 cm³/mol. The summed E-state index contributed by atoms with van der Waals surface area (Å²) in [6, 6.07) is 3.30. The number of ether oxygens (including phenoxy) is 2. The number of aliphatic carboxylic acids is 1. The zero-order valence-corrected chi connectivity index (χ0v) is 12.4. The lowest BCUT2D eigenvalue weighted by Crippen LogP contribution is -2.40. The molecule has 1 saturated heterocycles. The van der Waals surface area contributed by atoms with E-state index in [2.05, 4.69) is 0 Å². The van der Waals surface area contributed by atoms with Gasteiger partial charge in [-0.2, -0.15) is 0 Å². The minimum absolute atomic E-state index is 0.181. The number of rotatable bonds is 3. The van der Waals surface area contributed by atoms with Crippen molar-refractivity contribution in [2.24, 2.45) is 0 Å². The molecule has 0 bridgehead atoms. The fourth-order valence-corrected chi connectivity index (χ4v) is 3.27. The number of halogens is 1. The van der Waals surface area contributed by atoms with Crippen LogP contribution in [0.2, 0.25) is 5.02 Å². The van der Waals surface area contributed by atoms with Gasteiger partial charge in [0.1, 0.15) is 6.04 Å². The average Bonchev–Trinajstić information content (AvgIpc) is 2.78. The standard InChI is InChI=1S/C15H18ClNO4/c16-11-6-10(7-13-14(11)21-9-20-13)8-17-5-3-1-2-4-12(17)15(18)19/h6-7,12H,1-5,8-9H2,(H,18,19). The van der Waals surface area contributed by atoms with Gasteiger partial charge >= 0.3 is 5.97 Å². The van der Waals surface area contributed by atoms with E-state index >= 15 is 0 Å². The van der Waals surface area contributed by atoms with Crippen LogP contribution in [0.3, 0.4) is 0 Å². The quantitative estimate of drug-likeness (QED) is 0.930. The zero-order valence-electron chi connectivity index (χ0n) is 11.7. The Labute approximate surface area is 128 Å². The Bertz CT molecular complexity index is 549. The van der Waals surface area contributed by atoms with E-state index in [1.165, 1.54) is 0 Å². The molecule has 2 heterocycles. The van der Waals surface area contributed by atoms with Crippen molar-refractivity contribution < 1.29 is 19.4 Å². The van der Waals surface area contributed by atoms with Crippen LogP contribution in [-0.4, -0.2) is 35.4 Å². The first-order valence-electron chi connectivity index (χ1n) is 7.20. The smallest absolute Gasteiger partial charge is 0.320 e. The molecule has 21 heavy (non-hydrogen) atoms. The first-order valence-corrected chi connectivity index (χ1v) is 7.58. The van der Waals surface area contributed by atoms with Crippen LogP contribution < -0.4 is 9.47 Å². The maximum atomic E-state index is 11.4. The Hall–Kier alpha value is -1.46. The van der Waals surface area contributed by atoms with E-state index in [9.17, 15) is 9.90 Å². The summed E-state index contributed by atoms with van der Waals surface area (Å²) in [5, 5.41) is 9.92. The summed E-state index contributed by atoms with van der Waals surface area (Å²) in [7, 11) is 0. The number of hydrogen-bond donors (Lipinski definition) is 1. The van der Waals surface area contributed by atoms with Crippen molar-refractivity contribution in [3.8, 4) is 11.5 Å². The molecule has 2 aliphatic rings. The predicted octanol–water partition coefficient (Wildman–Crippen LogP) is 2.90. The van der Waals surface area contributed by atoms with Crippen molar-refractivity contribution in [1.29, 1.82) is 0 Å². The molecule has 5 nitrogen and oxygen atoms in total. The first-order chi connectivity index (χ1) is 10.1. The summed E-state index contributed by atoms with van der Waals surface area (Å²) in [5.74, 6) is 0.467. The third-order valence-electron chi connectivity index (χ3n) is 4.02. The molecular weight excluding hydrogens is 294 g/mol. The highest BCUT2D eigenvalue weighted by Gasteiger charge is 2.28. The van der Waals surface area contributed by atoms with E-state index in [-0.39, 0.29) is 6.79 Å². The van der Waals surface area contributed by atoms with Crippen LogP contribution in [0.1, 0.15) is 31.2 Å². The number of hydrogen-bond acceptors (Lipinski definition) is 4. The molecule has 2 aliphatic heterocycles. The molecule has 6 heteroatoms. The molecule has 1 aromatic carbocycles. The summed E-state index contributed by atoms with van der Waals surface area (Å²) in [5.41, 5.74) is 0.956. The Balaban J connectivity index is 1.81. The zero-order chi connectivity index (χ0) is 14.8. The summed E-state index contributed by atoms with van der Waals surface area (Å²) in [6.07, 6.45) is 3.78. The molecule has 3 rings (SSSR count). The van der Waals surface area contributed by atoms with Crippen molar-refractivity contribution in [3.05, 3.63) is 22.7 Å². The highest BCUT2D eigenvalue weighted by Crippen LogP contribution is 2.40. The summed E-state index contributed by atoms with van der Waals surface area (Å²) < 4.78 is 10.7. The summed E-state index contributed by atoms with van der Waals surface area (Å²) >= 11 is 6.18. The van der Waals surface area contributed by atoms with E-state index in [0.717, 1.165) is 31.4 Å². The van der Waals surface area contributed by atoms with Gasteiger partial charge in [0, 0.05) is 6.54 Å². The monoisotopic (exact) mass is 311 g/mol. The third kappa shape index (κ3) is 3.09. The van der Waals surface area contributed by atoms with Gasteiger partial charge in [-0.3, -0.25) is 9.69 Å². The number of carbonyl (C=O) groups is 1. The van der Waals surface area contributed by atoms with Crippen molar-refractivity contribution in [3.63, 3.8) is 0 Å². The number of likely N-dealkylation sites (tertiary alicyclic amines) is 1. The van der Waals surface area contributed by atoms with Gasteiger partial charge in [0.15, 0.2) is 11.5 Å². The number of carboxylic acid groups (broad SMARTS) is 1. The largest absolute Gasteiger partial charge is 0.480 e. The highest BCUT2D eigenvalue weighted by atomic mass is 35.5. The van der Waals surface area contributed by atoms with E-state index in [4.69, 9.17) is 21.1 Å². The molecule has 1 atom stereocenters. The minimum atomic E-state index is -0.747. The van der Waals surface area contributed by atoms with Crippen LogP contribution in [0, 0.1) is 0 Å². The van der Waals surface area contributed by atoms with E-state index in [1.807, 2.05) is 17.0 Å². The summed E-state index contributed by atoms with van der Waals surface area (Å²) in [4.78, 5) is 13.5. The lowest BCUT2D eigenvalue weighted by Gasteiger charge is -2.26. The van der Waals surface area contributed by atoms with Crippen LogP contribution in [0.25, 0.3) is 0 Å². The molecule has 0 amide bonds. The Morgan fingerprint density at radius 2 is 2.19 bits per heavy atom. The lowest BCUT2D eigenvalue weighted by molar-refractivity contribution is -0.143. The van der Waals surface area contributed by atoms with Crippen LogP contribution in [-0.2, 0) is 11.3 Å². The highest BCUT2D eigenvalue weighted by molar-refractivity contribution is 6.32. The second kappa shape index (κ2) is 6.12. The number of fused-ring (bicyclic) bond motifs is 1. The van der Waals surface area contributed by atoms with Crippen molar-refractivity contribution in [2.75, 3.05) is 13.3 Å². The van der Waals surface area contributed by atoms with E-state index in [1.54, 1.807) is 0 Å². The van der Waals surface area contributed by atoms with Gasteiger partial charge in [-0.15, -0.1) is 0 Å². The number of benzene rings is 1. The first kappa shape index (κ1) is 14.5. The van der Waals surface area contributed by atoms with Crippen molar-refractivity contribution >= 4 is 17.6 Å². The SMILES string of the molecule is O=C(O)C1CCCCCN1Cc1cc(Cl)c2c(c1)OCO2. The molecule has 0 radical (unpaired) electrons. The van der Waals surface area contributed by atoms with Gasteiger partial charge in [0.2, 0.25) is 6.79 Å². The van der Waals surface area contributed by atoms with Crippen LogP contribution in [0.15, 0.2) is 12.1 Å². The lowest BCUT2D eigenvalue weighted by atomic mass is 10.1. The molecule has 0 saturated carbocycles. The normalized spacial score (nSPS) is 22.0. The molecule has 1 unspecified atom stereocenters.